The first-order valence-electron chi connectivity index (χ1n) is 9.29. The van der Waals surface area contributed by atoms with Crippen molar-refractivity contribution in [3.05, 3.63) is 60.6 Å². The molecule has 4 rings (SSSR count). The lowest BCUT2D eigenvalue weighted by Gasteiger charge is -2.33. The third-order valence-electron chi connectivity index (χ3n) is 4.94. The number of sulfonamides is 1. The zero-order chi connectivity index (χ0) is 20.3. The quantitative estimate of drug-likeness (QED) is 0.611. The van der Waals surface area contributed by atoms with Crippen LogP contribution in [-0.2, 0) is 16.6 Å². The molecule has 8 nitrogen and oxygen atoms in total. The first-order valence-corrected chi connectivity index (χ1v) is 10.7. The Morgan fingerprint density at radius 1 is 1.03 bits per heavy atom. The molecule has 1 aliphatic heterocycles. The molecule has 0 aliphatic carbocycles. The molecule has 1 saturated heterocycles. The maximum Gasteiger partial charge on any atom is 0.243 e. The van der Waals surface area contributed by atoms with Gasteiger partial charge in [0.15, 0.2) is 5.76 Å². The molecule has 0 amide bonds. The zero-order valence-electron chi connectivity index (χ0n) is 16.1. The minimum absolute atomic E-state index is 0.281. The summed E-state index contributed by atoms with van der Waals surface area (Å²) in [4.78, 5) is 6.45. The summed E-state index contributed by atoms with van der Waals surface area (Å²) in [6.45, 7) is 2.70. The Labute approximate surface area is 169 Å². The van der Waals surface area contributed by atoms with Crippen molar-refractivity contribution in [2.45, 2.75) is 11.4 Å². The Morgan fingerprint density at radius 2 is 1.72 bits per heavy atom. The summed E-state index contributed by atoms with van der Waals surface area (Å²) in [5.41, 5.74) is 1.72. The molecular formula is C20H22N4O4S. The molecule has 29 heavy (non-hydrogen) atoms. The second-order valence-electron chi connectivity index (χ2n) is 6.77. The average Bonchev–Trinajstić information content (AvgIpc) is 3.23. The van der Waals surface area contributed by atoms with Crippen LogP contribution in [0, 0.1) is 0 Å². The Balaban J connectivity index is 1.36. The molecule has 1 aliphatic rings. The predicted octanol–water partition coefficient (Wildman–Crippen LogP) is 2.25. The van der Waals surface area contributed by atoms with Crippen molar-refractivity contribution in [2.75, 3.05) is 33.3 Å². The highest BCUT2D eigenvalue weighted by Crippen LogP contribution is 2.22. The van der Waals surface area contributed by atoms with Crippen LogP contribution >= 0.6 is 0 Å². The van der Waals surface area contributed by atoms with Crippen molar-refractivity contribution in [1.29, 1.82) is 0 Å². The third-order valence-corrected chi connectivity index (χ3v) is 6.86. The van der Waals surface area contributed by atoms with Gasteiger partial charge in [-0.2, -0.15) is 4.31 Å². The molecule has 0 saturated carbocycles. The monoisotopic (exact) mass is 414 g/mol. The first kappa shape index (κ1) is 19.6. The summed E-state index contributed by atoms with van der Waals surface area (Å²) in [5.74, 6) is 1.38. The summed E-state index contributed by atoms with van der Waals surface area (Å²) in [6, 6.07) is 12.1. The maximum absolute atomic E-state index is 12.8. The number of benzene rings is 1. The van der Waals surface area contributed by atoms with Gasteiger partial charge in [0, 0.05) is 50.2 Å². The highest BCUT2D eigenvalue weighted by Gasteiger charge is 2.28. The second-order valence-corrected chi connectivity index (χ2v) is 8.71. The molecule has 1 aromatic carbocycles. The Bertz CT molecular complexity index is 1040. The van der Waals surface area contributed by atoms with Crippen molar-refractivity contribution >= 4 is 10.0 Å². The number of methoxy groups -OCH3 is 1. The second kappa shape index (κ2) is 8.32. The fourth-order valence-electron chi connectivity index (χ4n) is 3.29. The number of rotatable bonds is 6. The average molecular weight is 414 g/mol. The van der Waals surface area contributed by atoms with Crippen LogP contribution in [0.3, 0.4) is 0 Å². The molecule has 9 heteroatoms. The molecule has 0 unspecified atom stereocenters. The Kier molecular flexibility index (Phi) is 5.61. The van der Waals surface area contributed by atoms with Gasteiger partial charge in [0.2, 0.25) is 10.0 Å². The number of piperazine rings is 1. The minimum Gasteiger partial charge on any atom is -0.497 e. The molecule has 3 heterocycles. The van der Waals surface area contributed by atoms with Crippen molar-refractivity contribution in [1.82, 2.24) is 19.3 Å². The molecule has 0 bridgehead atoms. The van der Waals surface area contributed by atoms with Gasteiger partial charge in [-0.05, 0) is 36.4 Å². The summed E-state index contributed by atoms with van der Waals surface area (Å²) in [6.07, 6.45) is 3.43. The number of pyridine rings is 1. The van der Waals surface area contributed by atoms with E-state index in [1.807, 2.05) is 18.2 Å². The lowest BCUT2D eigenvalue weighted by molar-refractivity contribution is 0.166. The molecule has 0 N–H and O–H groups in total. The number of aromatic nitrogens is 2. The Morgan fingerprint density at radius 3 is 2.38 bits per heavy atom. The van der Waals surface area contributed by atoms with Crippen molar-refractivity contribution < 1.29 is 17.7 Å². The number of hydrogen-bond acceptors (Lipinski definition) is 7. The smallest absolute Gasteiger partial charge is 0.243 e. The van der Waals surface area contributed by atoms with Crippen LogP contribution in [0.15, 0.2) is 64.3 Å². The van der Waals surface area contributed by atoms with E-state index in [2.05, 4.69) is 15.0 Å². The first-order chi connectivity index (χ1) is 14.1. The van der Waals surface area contributed by atoms with Crippen molar-refractivity contribution in [2.24, 2.45) is 0 Å². The maximum atomic E-state index is 12.8. The molecule has 0 atom stereocenters. The van der Waals surface area contributed by atoms with E-state index in [1.165, 1.54) is 4.31 Å². The Hall–Kier alpha value is -2.75. The van der Waals surface area contributed by atoms with Gasteiger partial charge < -0.3 is 9.26 Å². The van der Waals surface area contributed by atoms with Gasteiger partial charge in [-0.3, -0.25) is 9.88 Å². The number of nitrogens with zero attached hydrogens (tertiary/aromatic N) is 4. The van der Waals surface area contributed by atoms with E-state index < -0.39 is 10.0 Å². The van der Waals surface area contributed by atoms with Crippen LogP contribution in [0.4, 0.5) is 0 Å². The highest BCUT2D eigenvalue weighted by molar-refractivity contribution is 7.89. The molecule has 0 spiro atoms. The SMILES string of the molecule is COc1ccc(S(=O)(=O)N2CCN(Cc3cc(-c4ccncc4)no3)CC2)cc1. The molecule has 0 radical (unpaired) electrons. The van der Waals surface area contributed by atoms with Gasteiger partial charge in [0.25, 0.3) is 0 Å². The van der Waals surface area contributed by atoms with E-state index >= 15 is 0 Å². The topological polar surface area (TPSA) is 88.8 Å². The lowest BCUT2D eigenvalue weighted by Crippen LogP contribution is -2.48. The summed E-state index contributed by atoms with van der Waals surface area (Å²) < 4.78 is 37.8. The van der Waals surface area contributed by atoms with Crippen molar-refractivity contribution in [3.63, 3.8) is 0 Å². The summed E-state index contributed by atoms with van der Waals surface area (Å²) in [5, 5.41) is 4.11. The van der Waals surface area contributed by atoms with Crippen LogP contribution < -0.4 is 4.74 Å². The standard InChI is InChI=1S/C20H22N4O4S/c1-27-17-2-4-19(5-3-17)29(25,26)24-12-10-23(11-13-24)15-18-14-20(22-28-18)16-6-8-21-9-7-16/h2-9,14H,10-13,15H2,1H3. The fraction of sp³-hybridized carbons (Fsp3) is 0.300. The van der Waals surface area contributed by atoms with E-state index in [-0.39, 0.29) is 4.90 Å². The van der Waals surface area contributed by atoms with E-state index in [0.717, 1.165) is 17.0 Å². The minimum atomic E-state index is -3.51. The molecule has 3 aromatic rings. The van der Waals surface area contributed by atoms with Gasteiger partial charge in [0.05, 0.1) is 18.6 Å². The van der Waals surface area contributed by atoms with Gasteiger partial charge in [0.1, 0.15) is 11.4 Å². The zero-order valence-corrected chi connectivity index (χ0v) is 16.9. The predicted molar refractivity (Wildman–Crippen MR) is 107 cm³/mol. The van der Waals surface area contributed by atoms with E-state index in [1.54, 1.807) is 43.8 Å². The fourth-order valence-corrected chi connectivity index (χ4v) is 4.71. The summed E-state index contributed by atoms with van der Waals surface area (Å²) >= 11 is 0. The van der Waals surface area contributed by atoms with Crippen molar-refractivity contribution in [3.8, 4) is 17.0 Å². The molecular weight excluding hydrogens is 392 g/mol. The van der Waals surface area contributed by atoms with E-state index in [0.29, 0.717) is 38.5 Å². The number of hydrogen-bond donors (Lipinski definition) is 0. The normalized spacial score (nSPS) is 16.0. The molecule has 152 valence electrons. The largest absolute Gasteiger partial charge is 0.497 e. The van der Waals surface area contributed by atoms with Crippen LogP contribution in [0.5, 0.6) is 5.75 Å². The summed E-state index contributed by atoms with van der Waals surface area (Å²) in [7, 11) is -1.95. The van der Waals surface area contributed by atoms with Gasteiger partial charge in [-0.15, -0.1) is 0 Å². The van der Waals surface area contributed by atoms with Gasteiger partial charge >= 0.3 is 0 Å². The van der Waals surface area contributed by atoms with Crippen LogP contribution in [0.25, 0.3) is 11.3 Å². The van der Waals surface area contributed by atoms with E-state index in [9.17, 15) is 8.42 Å². The van der Waals surface area contributed by atoms with Gasteiger partial charge in [-0.1, -0.05) is 5.16 Å². The molecule has 1 fully saturated rings. The molecule has 2 aromatic heterocycles. The highest BCUT2D eigenvalue weighted by atomic mass is 32.2. The van der Waals surface area contributed by atoms with Gasteiger partial charge in [-0.25, -0.2) is 8.42 Å². The van der Waals surface area contributed by atoms with E-state index in [4.69, 9.17) is 9.26 Å². The van der Waals surface area contributed by atoms with Crippen LogP contribution in [0.1, 0.15) is 5.76 Å². The van der Waals surface area contributed by atoms with Crippen LogP contribution in [0.2, 0.25) is 0 Å². The van der Waals surface area contributed by atoms with Crippen LogP contribution in [-0.4, -0.2) is 61.1 Å². The lowest BCUT2D eigenvalue weighted by atomic mass is 10.2. The number of ether oxygens (including phenoxy) is 1. The third kappa shape index (κ3) is 4.31.